The predicted molar refractivity (Wildman–Crippen MR) is 44.2 cm³/mol. The molecule has 0 heterocycles. The van der Waals surface area contributed by atoms with E-state index >= 15 is 0 Å². The van der Waals surface area contributed by atoms with Crippen molar-refractivity contribution in [1.82, 2.24) is 0 Å². The largest absolute Gasteiger partial charge is 0.381 e. The van der Waals surface area contributed by atoms with Crippen LogP contribution >= 0.6 is 12.6 Å². The van der Waals surface area contributed by atoms with Crippen LogP contribution in [0, 0.1) is 0 Å². The number of unbranched alkanes of at least 4 members (excludes halogenated alkanes) is 2. The van der Waals surface area contributed by atoms with Crippen LogP contribution in [0.4, 0.5) is 0 Å². The average Bonchev–Trinajstić information content (AvgIpc) is 1.89. The normalized spacial score (nSPS) is 10.0. The fraction of sp³-hybridized carbons (Fsp3) is 1.00. The zero-order valence-corrected chi connectivity index (χ0v) is 6.99. The summed E-state index contributed by atoms with van der Waals surface area (Å²) in [4.78, 5) is 0. The molecule has 0 aliphatic rings. The van der Waals surface area contributed by atoms with Crippen LogP contribution in [-0.2, 0) is 4.74 Å². The zero-order valence-electron chi connectivity index (χ0n) is 6.10. The molecule has 0 spiro atoms. The topological polar surface area (TPSA) is 9.23 Å². The molecule has 0 aromatic carbocycles. The van der Waals surface area contributed by atoms with Gasteiger partial charge in [0.2, 0.25) is 0 Å². The Hall–Kier alpha value is 0.310. The lowest BCUT2D eigenvalue weighted by Crippen LogP contribution is -1.97. The molecule has 0 atom stereocenters. The summed E-state index contributed by atoms with van der Waals surface area (Å²) in [6, 6.07) is 0. The molecule has 0 aliphatic heterocycles. The quantitative estimate of drug-likeness (QED) is 0.448. The van der Waals surface area contributed by atoms with E-state index in [2.05, 4.69) is 19.6 Å². The van der Waals surface area contributed by atoms with Crippen molar-refractivity contribution in [3.63, 3.8) is 0 Å². The molecule has 0 saturated carbocycles. The summed E-state index contributed by atoms with van der Waals surface area (Å²) in [5.41, 5.74) is 0. The Bertz CT molecular complexity index is 42.2. The fourth-order valence-electron chi connectivity index (χ4n) is 0.621. The maximum atomic E-state index is 5.21. The molecule has 0 aliphatic carbocycles. The van der Waals surface area contributed by atoms with E-state index < -0.39 is 0 Å². The predicted octanol–water partition coefficient (Wildman–Crippen LogP) is 2.12. The van der Waals surface area contributed by atoms with E-state index in [9.17, 15) is 0 Å². The highest BCUT2D eigenvalue weighted by molar-refractivity contribution is 7.80. The lowest BCUT2D eigenvalue weighted by molar-refractivity contribution is 0.146. The second-order valence-electron chi connectivity index (χ2n) is 2.04. The Morgan fingerprint density at radius 2 is 2.00 bits per heavy atom. The SMILES string of the molecule is CCCCCOCCS. The molecule has 1 nitrogen and oxygen atoms in total. The van der Waals surface area contributed by atoms with Crippen LogP contribution in [0.3, 0.4) is 0 Å². The highest BCUT2D eigenvalue weighted by Gasteiger charge is 1.84. The summed E-state index contributed by atoms with van der Waals surface area (Å²) in [5, 5.41) is 0. The maximum absolute atomic E-state index is 5.21. The minimum Gasteiger partial charge on any atom is -0.381 e. The van der Waals surface area contributed by atoms with E-state index in [1.54, 1.807) is 0 Å². The average molecular weight is 148 g/mol. The highest BCUT2D eigenvalue weighted by atomic mass is 32.1. The summed E-state index contributed by atoms with van der Waals surface area (Å²) in [5.74, 6) is 0.839. The maximum Gasteiger partial charge on any atom is 0.0554 e. The molecule has 0 radical (unpaired) electrons. The first-order valence-electron chi connectivity index (χ1n) is 3.60. The third-order valence-corrected chi connectivity index (χ3v) is 1.31. The molecule has 0 fully saturated rings. The van der Waals surface area contributed by atoms with Crippen LogP contribution in [0.2, 0.25) is 0 Å². The van der Waals surface area contributed by atoms with E-state index in [0.29, 0.717) is 0 Å². The summed E-state index contributed by atoms with van der Waals surface area (Å²) in [6.45, 7) is 3.90. The molecule has 2 heteroatoms. The van der Waals surface area contributed by atoms with Crippen molar-refractivity contribution in [3.05, 3.63) is 0 Å². The van der Waals surface area contributed by atoms with Crippen molar-refractivity contribution in [2.75, 3.05) is 19.0 Å². The van der Waals surface area contributed by atoms with E-state index in [-0.39, 0.29) is 0 Å². The second kappa shape index (κ2) is 8.31. The van der Waals surface area contributed by atoms with Crippen molar-refractivity contribution in [1.29, 1.82) is 0 Å². The van der Waals surface area contributed by atoms with E-state index in [1.165, 1.54) is 19.3 Å². The number of hydrogen-bond donors (Lipinski definition) is 1. The second-order valence-corrected chi connectivity index (χ2v) is 2.49. The van der Waals surface area contributed by atoms with Gasteiger partial charge < -0.3 is 4.74 Å². The first-order chi connectivity index (χ1) is 4.41. The van der Waals surface area contributed by atoms with Gasteiger partial charge in [0.05, 0.1) is 6.61 Å². The van der Waals surface area contributed by atoms with Crippen LogP contribution < -0.4 is 0 Å². The Balaban J connectivity index is 2.60. The Labute approximate surface area is 63.2 Å². The third kappa shape index (κ3) is 8.31. The van der Waals surface area contributed by atoms with Crippen LogP contribution in [0.25, 0.3) is 0 Å². The first-order valence-corrected chi connectivity index (χ1v) is 4.23. The van der Waals surface area contributed by atoms with Gasteiger partial charge in [0.15, 0.2) is 0 Å². The van der Waals surface area contributed by atoms with Gasteiger partial charge in [-0.2, -0.15) is 12.6 Å². The molecule has 0 bridgehead atoms. The molecular weight excluding hydrogens is 132 g/mol. The highest BCUT2D eigenvalue weighted by Crippen LogP contribution is 1.93. The Kier molecular flexibility index (Phi) is 8.60. The minimum atomic E-state index is 0.798. The van der Waals surface area contributed by atoms with Gasteiger partial charge in [0.1, 0.15) is 0 Å². The third-order valence-electron chi connectivity index (χ3n) is 1.13. The molecule has 0 amide bonds. The van der Waals surface area contributed by atoms with Crippen LogP contribution in [0.5, 0.6) is 0 Å². The molecular formula is C7H16OS. The molecule has 56 valence electrons. The van der Waals surface area contributed by atoms with Gasteiger partial charge >= 0.3 is 0 Å². The van der Waals surface area contributed by atoms with Gasteiger partial charge in [-0.3, -0.25) is 0 Å². The monoisotopic (exact) mass is 148 g/mol. The molecule has 9 heavy (non-hydrogen) atoms. The van der Waals surface area contributed by atoms with Crippen molar-refractivity contribution in [2.24, 2.45) is 0 Å². The summed E-state index contributed by atoms with van der Waals surface area (Å²) in [6.07, 6.45) is 3.75. The zero-order chi connectivity index (χ0) is 6.95. The van der Waals surface area contributed by atoms with Gasteiger partial charge in [-0.15, -0.1) is 0 Å². The number of ether oxygens (including phenoxy) is 1. The Morgan fingerprint density at radius 1 is 1.22 bits per heavy atom. The number of rotatable bonds is 6. The number of hydrogen-bond acceptors (Lipinski definition) is 2. The van der Waals surface area contributed by atoms with Crippen molar-refractivity contribution < 1.29 is 4.74 Å². The fourth-order valence-corrected chi connectivity index (χ4v) is 0.750. The van der Waals surface area contributed by atoms with Crippen molar-refractivity contribution >= 4 is 12.6 Å². The molecule has 0 N–H and O–H groups in total. The summed E-state index contributed by atoms with van der Waals surface area (Å²) >= 11 is 4.02. The lowest BCUT2D eigenvalue weighted by Gasteiger charge is -1.99. The molecule has 0 aromatic heterocycles. The smallest absolute Gasteiger partial charge is 0.0554 e. The summed E-state index contributed by atoms with van der Waals surface area (Å²) in [7, 11) is 0. The van der Waals surface area contributed by atoms with Crippen molar-refractivity contribution in [2.45, 2.75) is 26.2 Å². The van der Waals surface area contributed by atoms with Crippen LogP contribution in [0.1, 0.15) is 26.2 Å². The van der Waals surface area contributed by atoms with E-state index in [4.69, 9.17) is 4.74 Å². The standard InChI is InChI=1S/C7H16OS/c1-2-3-4-5-8-6-7-9/h9H,2-7H2,1H3. The van der Waals surface area contributed by atoms with Gasteiger partial charge in [-0.25, -0.2) is 0 Å². The lowest BCUT2D eigenvalue weighted by atomic mass is 10.3. The van der Waals surface area contributed by atoms with Gasteiger partial charge in [0, 0.05) is 12.4 Å². The van der Waals surface area contributed by atoms with Gasteiger partial charge in [-0.1, -0.05) is 19.8 Å². The van der Waals surface area contributed by atoms with Crippen LogP contribution in [-0.4, -0.2) is 19.0 Å². The van der Waals surface area contributed by atoms with Gasteiger partial charge in [0.25, 0.3) is 0 Å². The molecule has 0 rings (SSSR count). The van der Waals surface area contributed by atoms with Gasteiger partial charge in [-0.05, 0) is 6.42 Å². The van der Waals surface area contributed by atoms with E-state index in [0.717, 1.165) is 19.0 Å². The van der Waals surface area contributed by atoms with E-state index in [1.807, 2.05) is 0 Å². The molecule has 0 aromatic rings. The van der Waals surface area contributed by atoms with Crippen LogP contribution in [0.15, 0.2) is 0 Å². The Morgan fingerprint density at radius 3 is 2.56 bits per heavy atom. The first kappa shape index (κ1) is 9.31. The number of thiol groups is 1. The summed E-state index contributed by atoms with van der Waals surface area (Å²) < 4.78 is 5.21. The molecule has 0 saturated heterocycles. The molecule has 0 unspecified atom stereocenters. The van der Waals surface area contributed by atoms with Crippen molar-refractivity contribution in [3.8, 4) is 0 Å². The minimum absolute atomic E-state index is 0.798.